The van der Waals surface area contributed by atoms with E-state index in [2.05, 4.69) is 9.97 Å². The van der Waals surface area contributed by atoms with Crippen molar-refractivity contribution >= 4 is 11.9 Å². The van der Waals surface area contributed by atoms with Gasteiger partial charge in [-0.25, -0.2) is 14.4 Å². The van der Waals surface area contributed by atoms with E-state index in [1.54, 1.807) is 13.0 Å². The van der Waals surface area contributed by atoms with Crippen LogP contribution in [0.4, 0.5) is 10.3 Å². The number of aromatic nitrogens is 2. The Morgan fingerprint density at radius 1 is 1.29 bits per heavy atom. The van der Waals surface area contributed by atoms with Crippen LogP contribution in [0.2, 0.25) is 0 Å². The molecule has 2 aliphatic heterocycles. The van der Waals surface area contributed by atoms with Crippen LogP contribution in [-0.2, 0) is 0 Å². The van der Waals surface area contributed by atoms with Crippen molar-refractivity contribution in [3.63, 3.8) is 0 Å². The molecule has 2 saturated heterocycles. The molecule has 2 aromatic rings. The predicted octanol–water partition coefficient (Wildman–Crippen LogP) is 2.32. The summed E-state index contributed by atoms with van der Waals surface area (Å²) >= 11 is 0. The lowest BCUT2D eigenvalue weighted by Gasteiger charge is -2.51. The van der Waals surface area contributed by atoms with Gasteiger partial charge in [0.05, 0.1) is 24.1 Å². The van der Waals surface area contributed by atoms with Gasteiger partial charge < -0.3 is 19.3 Å². The molecule has 8 heteroatoms. The van der Waals surface area contributed by atoms with Crippen LogP contribution >= 0.6 is 0 Å². The van der Waals surface area contributed by atoms with E-state index in [9.17, 15) is 14.3 Å². The van der Waals surface area contributed by atoms with Gasteiger partial charge in [0.1, 0.15) is 11.5 Å². The predicted molar refractivity (Wildman–Crippen MR) is 101 cm³/mol. The molecule has 2 aliphatic rings. The van der Waals surface area contributed by atoms with Gasteiger partial charge in [-0.1, -0.05) is 0 Å². The monoisotopic (exact) mass is 388 g/mol. The molecule has 1 spiro atoms. The summed E-state index contributed by atoms with van der Waals surface area (Å²) in [4.78, 5) is 25.0. The molecule has 0 radical (unpaired) electrons. The normalized spacial score (nSPS) is 25.4. The molecule has 4 heterocycles. The van der Waals surface area contributed by atoms with E-state index in [0.717, 1.165) is 25.2 Å². The Morgan fingerprint density at radius 2 is 2.04 bits per heavy atom. The lowest BCUT2D eigenvalue weighted by Crippen LogP contribution is -2.60. The first-order chi connectivity index (χ1) is 13.4. The summed E-state index contributed by atoms with van der Waals surface area (Å²) in [5.41, 5.74) is 0.134. The molecule has 2 fully saturated rings. The SMILES string of the molecule is Cc1cc(C(=O)N2CCC[C@]3(C2)CN(c2ncc(F)cn2)CC[C@H]3O)c(C)o1. The summed E-state index contributed by atoms with van der Waals surface area (Å²) in [5.74, 6) is 1.25. The molecule has 0 aromatic carbocycles. The number of likely N-dealkylation sites (tertiary alicyclic amines) is 1. The smallest absolute Gasteiger partial charge is 0.257 e. The number of aliphatic hydroxyl groups is 1. The van der Waals surface area contributed by atoms with Crippen molar-refractivity contribution in [2.45, 2.75) is 39.2 Å². The number of aliphatic hydroxyl groups excluding tert-OH is 1. The van der Waals surface area contributed by atoms with Gasteiger partial charge in [-0.3, -0.25) is 4.79 Å². The van der Waals surface area contributed by atoms with Crippen molar-refractivity contribution in [2.24, 2.45) is 5.41 Å². The summed E-state index contributed by atoms with van der Waals surface area (Å²) in [6.07, 6.45) is 4.00. The Bertz CT molecular complexity index is 869. The zero-order valence-corrected chi connectivity index (χ0v) is 16.2. The topological polar surface area (TPSA) is 82.7 Å². The second kappa shape index (κ2) is 7.16. The third kappa shape index (κ3) is 3.37. The van der Waals surface area contributed by atoms with Crippen LogP contribution in [0.5, 0.6) is 0 Å². The van der Waals surface area contributed by atoms with Gasteiger partial charge in [-0.05, 0) is 39.2 Å². The first-order valence-electron chi connectivity index (χ1n) is 9.65. The molecule has 0 unspecified atom stereocenters. The average molecular weight is 388 g/mol. The highest BCUT2D eigenvalue weighted by Gasteiger charge is 2.47. The number of aryl methyl sites for hydroxylation is 2. The van der Waals surface area contributed by atoms with E-state index in [4.69, 9.17) is 4.42 Å². The number of amides is 1. The van der Waals surface area contributed by atoms with Crippen LogP contribution in [0.15, 0.2) is 22.9 Å². The van der Waals surface area contributed by atoms with Gasteiger partial charge in [-0.15, -0.1) is 0 Å². The van der Waals surface area contributed by atoms with Crippen molar-refractivity contribution in [1.29, 1.82) is 0 Å². The third-order valence-electron chi connectivity index (χ3n) is 5.94. The molecule has 2 atom stereocenters. The van der Waals surface area contributed by atoms with Crippen LogP contribution in [0, 0.1) is 25.1 Å². The zero-order valence-electron chi connectivity index (χ0n) is 16.2. The summed E-state index contributed by atoms with van der Waals surface area (Å²) < 4.78 is 18.7. The van der Waals surface area contributed by atoms with E-state index in [1.807, 2.05) is 16.7 Å². The van der Waals surface area contributed by atoms with Gasteiger partial charge in [0, 0.05) is 31.6 Å². The number of piperidine rings is 2. The fourth-order valence-electron chi connectivity index (χ4n) is 4.54. The first-order valence-corrected chi connectivity index (χ1v) is 9.65. The molecule has 1 N–H and O–H groups in total. The number of halogens is 1. The highest BCUT2D eigenvalue weighted by Crippen LogP contribution is 2.40. The molecule has 28 heavy (non-hydrogen) atoms. The van der Waals surface area contributed by atoms with Gasteiger partial charge >= 0.3 is 0 Å². The van der Waals surface area contributed by atoms with Crippen molar-refractivity contribution < 1.29 is 18.7 Å². The Labute approximate surface area is 163 Å². The number of furan rings is 1. The largest absolute Gasteiger partial charge is 0.466 e. The highest BCUT2D eigenvalue weighted by atomic mass is 19.1. The van der Waals surface area contributed by atoms with Crippen LogP contribution in [0.25, 0.3) is 0 Å². The van der Waals surface area contributed by atoms with E-state index in [-0.39, 0.29) is 5.91 Å². The average Bonchev–Trinajstić information content (AvgIpc) is 3.02. The fraction of sp³-hybridized carbons (Fsp3) is 0.550. The van der Waals surface area contributed by atoms with Crippen LogP contribution in [-0.4, -0.2) is 58.2 Å². The summed E-state index contributed by atoms with van der Waals surface area (Å²) in [6, 6.07) is 1.77. The number of hydrogen-bond acceptors (Lipinski definition) is 6. The zero-order chi connectivity index (χ0) is 19.9. The standard InChI is InChI=1S/C20H25FN4O3/c1-13-8-16(14(2)28-13)18(27)24-6-3-5-20(11-24)12-25(7-4-17(20)26)19-22-9-15(21)10-23-19/h8-10,17,26H,3-7,11-12H2,1-2H3/t17-,20+/m1/s1. The van der Waals surface area contributed by atoms with Gasteiger partial charge in [0.2, 0.25) is 5.95 Å². The molecule has 0 aliphatic carbocycles. The number of nitrogens with zero attached hydrogens (tertiary/aromatic N) is 4. The maximum absolute atomic E-state index is 13.2. The lowest BCUT2D eigenvalue weighted by atomic mass is 9.71. The number of carbonyl (C=O) groups excluding carboxylic acids is 1. The van der Waals surface area contributed by atoms with Crippen molar-refractivity contribution in [3.05, 3.63) is 41.4 Å². The molecule has 150 valence electrons. The quantitative estimate of drug-likeness (QED) is 0.850. The Balaban J connectivity index is 1.56. The molecule has 0 bridgehead atoms. The maximum atomic E-state index is 13.2. The number of rotatable bonds is 2. The molecular weight excluding hydrogens is 363 g/mol. The van der Waals surface area contributed by atoms with Gasteiger partial charge in [0.25, 0.3) is 5.91 Å². The van der Waals surface area contributed by atoms with E-state index < -0.39 is 17.3 Å². The summed E-state index contributed by atoms with van der Waals surface area (Å²) in [6.45, 7) is 5.88. The van der Waals surface area contributed by atoms with Crippen LogP contribution in [0.1, 0.15) is 41.1 Å². The first kappa shape index (κ1) is 18.9. The van der Waals surface area contributed by atoms with Crippen molar-refractivity contribution in [1.82, 2.24) is 14.9 Å². The molecule has 1 amide bonds. The van der Waals surface area contributed by atoms with E-state index in [0.29, 0.717) is 55.6 Å². The van der Waals surface area contributed by atoms with E-state index >= 15 is 0 Å². The van der Waals surface area contributed by atoms with Crippen molar-refractivity contribution in [3.8, 4) is 0 Å². The number of carbonyl (C=O) groups is 1. The summed E-state index contributed by atoms with van der Waals surface area (Å²) in [5, 5.41) is 10.8. The number of anilines is 1. The van der Waals surface area contributed by atoms with Crippen LogP contribution < -0.4 is 4.90 Å². The second-order valence-corrected chi connectivity index (χ2v) is 7.95. The Hall–Kier alpha value is -2.48. The Morgan fingerprint density at radius 3 is 2.71 bits per heavy atom. The minimum atomic E-state index is -0.507. The minimum Gasteiger partial charge on any atom is -0.466 e. The molecule has 2 aromatic heterocycles. The lowest BCUT2D eigenvalue weighted by molar-refractivity contribution is -0.0364. The molecular formula is C20H25FN4O3. The Kier molecular flexibility index (Phi) is 4.82. The minimum absolute atomic E-state index is 0.0595. The fourth-order valence-corrected chi connectivity index (χ4v) is 4.54. The maximum Gasteiger partial charge on any atom is 0.257 e. The summed E-state index contributed by atoms with van der Waals surface area (Å²) in [7, 11) is 0. The highest BCUT2D eigenvalue weighted by molar-refractivity contribution is 5.95. The van der Waals surface area contributed by atoms with Gasteiger partial charge in [-0.2, -0.15) is 0 Å². The third-order valence-corrected chi connectivity index (χ3v) is 5.94. The molecule has 7 nitrogen and oxygen atoms in total. The second-order valence-electron chi connectivity index (χ2n) is 7.95. The van der Waals surface area contributed by atoms with Gasteiger partial charge in [0.15, 0.2) is 5.82 Å². The molecule has 4 rings (SSSR count). The van der Waals surface area contributed by atoms with E-state index in [1.165, 1.54) is 0 Å². The van der Waals surface area contributed by atoms with Crippen LogP contribution in [0.3, 0.4) is 0 Å². The molecule has 0 saturated carbocycles. The van der Waals surface area contributed by atoms with Crippen molar-refractivity contribution in [2.75, 3.05) is 31.1 Å². The number of hydrogen-bond donors (Lipinski definition) is 1.